The van der Waals surface area contributed by atoms with Gasteiger partial charge in [-0.3, -0.25) is 9.88 Å². The van der Waals surface area contributed by atoms with E-state index in [2.05, 4.69) is 39.5 Å². The van der Waals surface area contributed by atoms with E-state index in [-0.39, 0.29) is 0 Å². The van der Waals surface area contributed by atoms with Crippen LogP contribution in [0, 0.1) is 0 Å². The number of hydrogen-bond acceptors (Lipinski definition) is 3. The van der Waals surface area contributed by atoms with Crippen LogP contribution < -0.4 is 5.32 Å². The van der Waals surface area contributed by atoms with Crippen molar-refractivity contribution in [3.8, 4) is 0 Å². The van der Waals surface area contributed by atoms with Gasteiger partial charge in [0.2, 0.25) is 0 Å². The van der Waals surface area contributed by atoms with E-state index in [1.807, 2.05) is 12.3 Å². The number of hydrogen-bond donors (Lipinski definition) is 1. The molecular weight excluding hydrogens is 258 g/mol. The van der Waals surface area contributed by atoms with Gasteiger partial charge in [0.1, 0.15) is 0 Å². The van der Waals surface area contributed by atoms with Gasteiger partial charge in [-0.25, -0.2) is 0 Å². The lowest BCUT2D eigenvalue weighted by Gasteiger charge is -2.26. The maximum Gasteiger partial charge on any atom is 0.0746 e. The minimum atomic E-state index is 0.688. The van der Waals surface area contributed by atoms with Gasteiger partial charge in [0.25, 0.3) is 0 Å². The number of rotatable bonds is 5. The Labute approximate surface area is 126 Å². The molecule has 3 heteroatoms. The summed E-state index contributed by atoms with van der Waals surface area (Å²) in [7, 11) is 0. The molecule has 1 aromatic heterocycles. The molecule has 1 unspecified atom stereocenters. The van der Waals surface area contributed by atoms with Crippen LogP contribution in [0.1, 0.15) is 31.2 Å². The number of nitrogens with one attached hydrogen (secondary N) is 1. The molecule has 110 valence electrons. The van der Waals surface area contributed by atoms with E-state index in [1.54, 1.807) is 0 Å². The van der Waals surface area contributed by atoms with Gasteiger partial charge in [0, 0.05) is 36.8 Å². The molecule has 2 aliphatic rings. The first-order valence-electron chi connectivity index (χ1n) is 8.20. The molecule has 3 nitrogen and oxygen atoms in total. The maximum atomic E-state index is 4.60. The first-order chi connectivity index (χ1) is 10.4. The number of aromatic nitrogens is 1. The topological polar surface area (TPSA) is 28.2 Å². The highest BCUT2D eigenvalue weighted by Gasteiger charge is 2.31. The van der Waals surface area contributed by atoms with Crippen molar-refractivity contribution in [2.75, 3.05) is 13.1 Å². The van der Waals surface area contributed by atoms with Crippen molar-refractivity contribution in [2.45, 2.75) is 44.3 Å². The minimum absolute atomic E-state index is 0.688. The van der Waals surface area contributed by atoms with Gasteiger partial charge in [-0.1, -0.05) is 24.3 Å². The standard InChI is InChI=1S/C18H23N3/c1-4-14-6-2-11-20-18(14)15(5-1)12-21(17-8-9-17)13-16-7-3-10-19-16/h1-2,4-6,11,16-17,19H,3,7-10,12-13H2. The van der Waals surface area contributed by atoms with E-state index in [4.69, 9.17) is 0 Å². The Hall–Kier alpha value is -1.45. The van der Waals surface area contributed by atoms with E-state index < -0.39 is 0 Å². The SMILES string of the molecule is c1cnc2c(CN(CC3CCCN3)C3CC3)cccc2c1. The van der Waals surface area contributed by atoms with Crippen molar-refractivity contribution < 1.29 is 0 Å². The molecule has 1 aliphatic heterocycles. The third-order valence-corrected chi connectivity index (χ3v) is 4.77. The van der Waals surface area contributed by atoms with E-state index in [0.29, 0.717) is 6.04 Å². The molecular formula is C18H23N3. The van der Waals surface area contributed by atoms with Gasteiger partial charge in [-0.05, 0) is 43.9 Å². The average Bonchev–Trinajstić information content (AvgIpc) is 3.25. The zero-order chi connectivity index (χ0) is 14.1. The summed E-state index contributed by atoms with van der Waals surface area (Å²) in [6.07, 6.45) is 7.30. The average molecular weight is 281 g/mol. The lowest BCUT2D eigenvalue weighted by Crippen LogP contribution is -2.38. The Balaban J connectivity index is 1.56. The fourth-order valence-electron chi connectivity index (χ4n) is 3.49. The molecule has 1 aliphatic carbocycles. The molecule has 0 amide bonds. The van der Waals surface area contributed by atoms with Crippen LogP contribution in [-0.2, 0) is 6.54 Å². The molecule has 0 bridgehead atoms. The molecule has 0 spiro atoms. The van der Waals surface area contributed by atoms with Gasteiger partial charge in [0.05, 0.1) is 5.52 Å². The molecule has 1 atom stereocenters. The van der Waals surface area contributed by atoms with Gasteiger partial charge >= 0.3 is 0 Å². The van der Waals surface area contributed by atoms with Crippen LogP contribution in [0.4, 0.5) is 0 Å². The number of nitrogens with zero attached hydrogens (tertiary/aromatic N) is 2. The summed E-state index contributed by atoms with van der Waals surface area (Å²) in [4.78, 5) is 7.28. The van der Waals surface area contributed by atoms with Crippen molar-refractivity contribution in [3.05, 3.63) is 42.1 Å². The van der Waals surface area contributed by atoms with Gasteiger partial charge in [-0.2, -0.15) is 0 Å². The van der Waals surface area contributed by atoms with Crippen molar-refractivity contribution in [3.63, 3.8) is 0 Å². The molecule has 4 rings (SSSR count). The fraction of sp³-hybridized carbons (Fsp3) is 0.500. The molecule has 1 N–H and O–H groups in total. The van der Waals surface area contributed by atoms with Gasteiger partial charge < -0.3 is 5.32 Å². The van der Waals surface area contributed by atoms with Crippen LogP contribution in [0.2, 0.25) is 0 Å². The van der Waals surface area contributed by atoms with Crippen LogP contribution in [0.3, 0.4) is 0 Å². The highest BCUT2D eigenvalue weighted by atomic mass is 15.2. The van der Waals surface area contributed by atoms with Crippen LogP contribution in [-0.4, -0.2) is 35.1 Å². The summed E-state index contributed by atoms with van der Waals surface area (Å²) in [5.74, 6) is 0. The molecule has 0 radical (unpaired) electrons. The van der Waals surface area contributed by atoms with E-state index in [0.717, 1.165) is 12.6 Å². The van der Waals surface area contributed by atoms with Gasteiger partial charge in [0.15, 0.2) is 0 Å². The second-order valence-corrected chi connectivity index (χ2v) is 6.45. The highest BCUT2D eigenvalue weighted by Crippen LogP contribution is 2.30. The van der Waals surface area contributed by atoms with Crippen LogP contribution in [0.25, 0.3) is 10.9 Å². The second kappa shape index (κ2) is 5.74. The third-order valence-electron chi connectivity index (χ3n) is 4.77. The van der Waals surface area contributed by atoms with Crippen molar-refractivity contribution in [1.29, 1.82) is 0 Å². The van der Waals surface area contributed by atoms with Crippen LogP contribution >= 0.6 is 0 Å². The molecule has 2 heterocycles. The zero-order valence-electron chi connectivity index (χ0n) is 12.5. The number of benzene rings is 1. The Morgan fingerprint density at radius 3 is 2.86 bits per heavy atom. The summed E-state index contributed by atoms with van der Waals surface area (Å²) in [6, 6.07) is 12.2. The largest absolute Gasteiger partial charge is 0.313 e. The van der Waals surface area contributed by atoms with E-state index in [1.165, 1.54) is 55.2 Å². The molecule has 1 saturated carbocycles. The quantitative estimate of drug-likeness (QED) is 0.913. The maximum absolute atomic E-state index is 4.60. The van der Waals surface area contributed by atoms with E-state index >= 15 is 0 Å². The number of para-hydroxylation sites is 1. The summed E-state index contributed by atoms with van der Waals surface area (Å²) in [6.45, 7) is 3.42. The third kappa shape index (κ3) is 2.94. The molecule has 2 aromatic rings. The van der Waals surface area contributed by atoms with E-state index in [9.17, 15) is 0 Å². The lowest BCUT2D eigenvalue weighted by atomic mass is 10.1. The molecule has 2 fully saturated rings. The molecule has 1 aromatic carbocycles. The Bertz CT molecular complexity index is 609. The number of fused-ring (bicyclic) bond motifs is 1. The second-order valence-electron chi connectivity index (χ2n) is 6.45. The van der Waals surface area contributed by atoms with Crippen molar-refractivity contribution in [1.82, 2.24) is 15.2 Å². The zero-order valence-corrected chi connectivity index (χ0v) is 12.5. The predicted molar refractivity (Wildman–Crippen MR) is 86.2 cm³/mol. The van der Waals surface area contributed by atoms with Crippen molar-refractivity contribution in [2.24, 2.45) is 0 Å². The normalized spacial score (nSPS) is 22.2. The van der Waals surface area contributed by atoms with Gasteiger partial charge in [-0.15, -0.1) is 0 Å². The summed E-state index contributed by atoms with van der Waals surface area (Å²) < 4.78 is 0. The smallest absolute Gasteiger partial charge is 0.0746 e. The molecule has 1 saturated heterocycles. The Kier molecular flexibility index (Phi) is 3.62. The first kappa shape index (κ1) is 13.2. The van der Waals surface area contributed by atoms with Crippen molar-refractivity contribution >= 4 is 10.9 Å². The highest BCUT2D eigenvalue weighted by molar-refractivity contribution is 5.81. The fourth-order valence-corrected chi connectivity index (χ4v) is 3.49. The van der Waals surface area contributed by atoms with Crippen LogP contribution in [0.5, 0.6) is 0 Å². The summed E-state index contributed by atoms with van der Waals surface area (Å²) >= 11 is 0. The summed E-state index contributed by atoms with van der Waals surface area (Å²) in [5.41, 5.74) is 2.54. The predicted octanol–water partition coefficient (Wildman–Crippen LogP) is 2.95. The Morgan fingerprint density at radius 1 is 1.14 bits per heavy atom. The molecule has 21 heavy (non-hydrogen) atoms. The first-order valence-corrected chi connectivity index (χ1v) is 8.20. The lowest BCUT2D eigenvalue weighted by molar-refractivity contribution is 0.232. The number of pyridine rings is 1. The minimum Gasteiger partial charge on any atom is -0.313 e. The van der Waals surface area contributed by atoms with Crippen LogP contribution in [0.15, 0.2) is 36.5 Å². The summed E-state index contributed by atoms with van der Waals surface area (Å²) in [5, 5.41) is 4.89. The monoisotopic (exact) mass is 281 g/mol. The Morgan fingerprint density at radius 2 is 2.05 bits per heavy atom.